The van der Waals surface area contributed by atoms with Crippen LogP contribution in [0.15, 0.2) is 18.2 Å². The molecule has 1 amide bonds. The lowest BCUT2D eigenvalue weighted by molar-refractivity contribution is -0.120. The van der Waals surface area contributed by atoms with Gasteiger partial charge in [0.25, 0.3) is 0 Å². The van der Waals surface area contributed by atoms with Crippen LogP contribution in [0.2, 0.25) is 5.02 Å². The second-order valence-corrected chi connectivity index (χ2v) is 8.30. The first-order valence-electron chi connectivity index (χ1n) is 7.92. The quantitative estimate of drug-likeness (QED) is 0.830. The highest BCUT2D eigenvalue weighted by molar-refractivity contribution is 7.92. The number of carbonyl (C=O) groups excluding carboxylic acids is 1. The Balaban J connectivity index is 2.14. The summed E-state index contributed by atoms with van der Waals surface area (Å²) in [7, 11) is -2.14. The van der Waals surface area contributed by atoms with E-state index in [0.717, 1.165) is 36.2 Å². The summed E-state index contributed by atoms with van der Waals surface area (Å²) in [5, 5.41) is 3.21. The molecule has 1 aromatic carbocycles. The van der Waals surface area contributed by atoms with E-state index in [1.165, 1.54) is 19.6 Å². The van der Waals surface area contributed by atoms with Crippen molar-refractivity contribution in [2.45, 2.75) is 38.1 Å². The van der Waals surface area contributed by atoms with Crippen molar-refractivity contribution in [3.05, 3.63) is 23.2 Å². The van der Waals surface area contributed by atoms with Crippen molar-refractivity contribution < 1.29 is 17.9 Å². The van der Waals surface area contributed by atoms with Crippen LogP contribution in [0, 0.1) is 0 Å². The van der Waals surface area contributed by atoms with Gasteiger partial charge in [0.05, 0.1) is 24.1 Å². The van der Waals surface area contributed by atoms with E-state index < -0.39 is 10.0 Å². The van der Waals surface area contributed by atoms with Crippen LogP contribution in [-0.4, -0.2) is 40.3 Å². The standard InChI is InChI=1S/C16H23ClN2O4S/c1-23-15-9-8-13(10-14(15)17)19(24(2,21)22)11-16(20)18-12-6-4-3-5-7-12/h8-10,12H,3-7,11H2,1-2H3,(H,18,20). The summed E-state index contributed by atoms with van der Waals surface area (Å²) in [6, 6.07) is 4.76. The van der Waals surface area contributed by atoms with Gasteiger partial charge in [-0.15, -0.1) is 0 Å². The van der Waals surface area contributed by atoms with Gasteiger partial charge < -0.3 is 10.1 Å². The Morgan fingerprint density at radius 2 is 2.00 bits per heavy atom. The predicted molar refractivity (Wildman–Crippen MR) is 95.2 cm³/mol. The second-order valence-electron chi connectivity index (χ2n) is 5.99. The molecule has 0 aromatic heterocycles. The number of nitrogens with zero attached hydrogens (tertiary/aromatic N) is 1. The molecule has 1 N–H and O–H groups in total. The number of rotatable bonds is 6. The Kier molecular flexibility index (Phi) is 6.34. The minimum absolute atomic E-state index is 0.132. The lowest BCUT2D eigenvalue weighted by Crippen LogP contribution is -2.44. The number of ether oxygens (including phenoxy) is 1. The molecule has 0 saturated heterocycles. The summed E-state index contributed by atoms with van der Waals surface area (Å²) in [6.45, 7) is -0.266. The van der Waals surface area contributed by atoms with Crippen LogP contribution in [0.5, 0.6) is 5.75 Å². The average Bonchev–Trinajstić information content (AvgIpc) is 2.52. The highest BCUT2D eigenvalue weighted by Crippen LogP contribution is 2.30. The number of amides is 1. The maximum absolute atomic E-state index is 12.3. The fourth-order valence-corrected chi connectivity index (χ4v) is 3.96. The fraction of sp³-hybridized carbons (Fsp3) is 0.562. The largest absolute Gasteiger partial charge is 0.495 e. The predicted octanol–water partition coefficient (Wildman–Crippen LogP) is 2.56. The zero-order valence-corrected chi connectivity index (χ0v) is 15.5. The number of hydrogen-bond donors (Lipinski definition) is 1. The molecule has 0 radical (unpaired) electrons. The molecule has 1 aliphatic rings. The molecule has 0 heterocycles. The maximum Gasteiger partial charge on any atom is 0.240 e. The molecule has 134 valence electrons. The molecule has 1 aromatic rings. The van der Waals surface area contributed by atoms with Crippen LogP contribution in [0.3, 0.4) is 0 Å². The van der Waals surface area contributed by atoms with E-state index in [2.05, 4.69) is 5.32 Å². The number of anilines is 1. The molecule has 0 unspecified atom stereocenters. The van der Waals surface area contributed by atoms with Crippen molar-refractivity contribution in [2.75, 3.05) is 24.2 Å². The lowest BCUT2D eigenvalue weighted by atomic mass is 9.95. The summed E-state index contributed by atoms with van der Waals surface area (Å²) in [5.74, 6) is 0.139. The molecular weight excluding hydrogens is 352 g/mol. The Labute approximate surface area is 148 Å². The molecule has 8 heteroatoms. The van der Waals surface area contributed by atoms with Gasteiger partial charge in [-0.2, -0.15) is 0 Å². The Bertz CT molecular complexity index is 687. The van der Waals surface area contributed by atoms with Crippen LogP contribution in [0.4, 0.5) is 5.69 Å². The smallest absolute Gasteiger partial charge is 0.240 e. The SMILES string of the molecule is COc1ccc(N(CC(=O)NC2CCCCC2)S(C)(=O)=O)cc1Cl. The van der Waals surface area contributed by atoms with E-state index in [1.54, 1.807) is 12.1 Å². The monoisotopic (exact) mass is 374 g/mol. The zero-order chi connectivity index (χ0) is 17.7. The second kappa shape index (κ2) is 8.07. The molecule has 24 heavy (non-hydrogen) atoms. The molecule has 6 nitrogen and oxygen atoms in total. The molecule has 0 atom stereocenters. The van der Waals surface area contributed by atoms with Gasteiger partial charge in [-0.25, -0.2) is 8.42 Å². The summed E-state index contributed by atoms with van der Waals surface area (Å²) >= 11 is 6.07. The van der Waals surface area contributed by atoms with Gasteiger partial charge in [0, 0.05) is 6.04 Å². The molecule has 0 bridgehead atoms. The van der Waals surface area contributed by atoms with E-state index >= 15 is 0 Å². The van der Waals surface area contributed by atoms with Crippen LogP contribution in [0.1, 0.15) is 32.1 Å². The van der Waals surface area contributed by atoms with Gasteiger partial charge in [-0.1, -0.05) is 30.9 Å². The van der Waals surface area contributed by atoms with Gasteiger partial charge >= 0.3 is 0 Å². The van der Waals surface area contributed by atoms with E-state index in [4.69, 9.17) is 16.3 Å². The van der Waals surface area contributed by atoms with E-state index in [1.807, 2.05) is 0 Å². The summed E-state index contributed by atoms with van der Waals surface area (Å²) in [4.78, 5) is 12.3. The van der Waals surface area contributed by atoms with Crippen molar-refractivity contribution in [3.63, 3.8) is 0 Å². The Morgan fingerprint density at radius 1 is 1.33 bits per heavy atom. The van der Waals surface area contributed by atoms with Crippen LogP contribution in [0.25, 0.3) is 0 Å². The average molecular weight is 375 g/mol. The van der Waals surface area contributed by atoms with Crippen molar-refractivity contribution in [2.24, 2.45) is 0 Å². The van der Waals surface area contributed by atoms with Gasteiger partial charge in [0.15, 0.2) is 0 Å². The Morgan fingerprint density at radius 3 is 2.54 bits per heavy atom. The van der Waals surface area contributed by atoms with Gasteiger partial charge in [-0.05, 0) is 31.0 Å². The van der Waals surface area contributed by atoms with Crippen molar-refractivity contribution in [1.29, 1.82) is 0 Å². The highest BCUT2D eigenvalue weighted by atomic mass is 35.5. The van der Waals surface area contributed by atoms with Gasteiger partial charge in [0.1, 0.15) is 12.3 Å². The third-order valence-corrected chi connectivity index (χ3v) is 5.52. The zero-order valence-electron chi connectivity index (χ0n) is 13.9. The molecular formula is C16H23ClN2O4S. The topological polar surface area (TPSA) is 75.7 Å². The molecule has 0 spiro atoms. The molecule has 1 fully saturated rings. The molecule has 1 aliphatic carbocycles. The Hall–Kier alpha value is -1.47. The highest BCUT2D eigenvalue weighted by Gasteiger charge is 2.23. The number of sulfonamides is 1. The minimum atomic E-state index is -3.62. The number of carbonyl (C=O) groups is 1. The fourth-order valence-electron chi connectivity index (χ4n) is 2.86. The third-order valence-electron chi connectivity index (χ3n) is 4.08. The lowest BCUT2D eigenvalue weighted by Gasteiger charge is -2.26. The van der Waals surface area contributed by atoms with Crippen LogP contribution >= 0.6 is 11.6 Å². The van der Waals surface area contributed by atoms with E-state index in [0.29, 0.717) is 11.4 Å². The molecule has 0 aliphatic heterocycles. The first-order chi connectivity index (χ1) is 11.3. The first-order valence-corrected chi connectivity index (χ1v) is 10.1. The summed E-state index contributed by atoms with van der Waals surface area (Å²) < 4.78 is 30.3. The third kappa shape index (κ3) is 5.01. The van der Waals surface area contributed by atoms with Crippen molar-refractivity contribution >= 4 is 33.2 Å². The molecule has 2 rings (SSSR count). The summed E-state index contributed by atoms with van der Waals surface area (Å²) in [5.41, 5.74) is 0.335. The summed E-state index contributed by atoms with van der Waals surface area (Å²) in [6.07, 6.45) is 6.33. The van der Waals surface area contributed by atoms with E-state index in [-0.39, 0.29) is 23.5 Å². The minimum Gasteiger partial charge on any atom is -0.495 e. The number of halogens is 1. The normalized spacial score (nSPS) is 15.8. The maximum atomic E-state index is 12.3. The van der Waals surface area contributed by atoms with Crippen LogP contribution in [-0.2, 0) is 14.8 Å². The van der Waals surface area contributed by atoms with Crippen molar-refractivity contribution in [3.8, 4) is 5.75 Å². The molecule has 1 saturated carbocycles. The first kappa shape index (κ1) is 18.9. The number of nitrogens with one attached hydrogen (secondary N) is 1. The number of benzene rings is 1. The van der Waals surface area contributed by atoms with E-state index in [9.17, 15) is 13.2 Å². The van der Waals surface area contributed by atoms with Gasteiger partial charge in [-0.3, -0.25) is 9.10 Å². The van der Waals surface area contributed by atoms with Crippen LogP contribution < -0.4 is 14.4 Å². The number of methoxy groups -OCH3 is 1. The number of hydrogen-bond acceptors (Lipinski definition) is 4. The van der Waals surface area contributed by atoms with Gasteiger partial charge in [0.2, 0.25) is 15.9 Å². The van der Waals surface area contributed by atoms with Crippen molar-refractivity contribution in [1.82, 2.24) is 5.32 Å².